The summed E-state index contributed by atoms with van der Waals surface area (Å²) in [6, 6.07) is 5.21. The van der Waals surface area contributed by atoms with E-state index in [0.29, 0.717) is 36.2 Å². The highest BCUT2D eigenvalue weighted by atomic mass is 35.5. The second-order valence-corrected chi connectivity index (χ2v) is 5.55. The molecule has 0 radical (unpaired) electrons. The second kappa shape index (κ2) is 8.81. The van der Waals surface area contributed by atoms with Gasteiger partial charge in [-0.05, 0) is 25.0 Å². The first-order valence-corrected chi connectivity index (χ1v) is 7.41. The predicted molar refractivity (Wildman–Crippen MR) is 87.6 cm³/mol. The minimum absolute atomic E-state index is 0. The first-order valence-electron chi connectivity index (χ1n) is 6.65. The largest absolute Gasteiger partial charge is 0.375 e. The Hall–Kier alpha value is -0.520. The Labute approximate surface area is 140 Å². The van der Waals surface area contributed by atoms with Gasteiger partial charge in [0.25, 0.3) is 0 Å². The third kappa shape index (κ3) is 5.01. The van der Waals surface area contributed by atoms with Gasteiger partial charge in [0.05, 0.1) is 22.8 Å². The zero-order chi connectivity index (χ0) is 14.5. The molecule has 1 aliphatic heterocycles. The summed E-state index contributed by atoms with van der Waals surface area (Å²) in [5, 5.41) is 7.13. The lowest BCUT2D eigenvalue weighted by atomic mass is 10.1. The van der Waals surface area contributed by atoms with Crippen LogP contribution in [0.1, 0.15) is 12.5 Å². The summed E-state index contributed by atoms with van der Waals surface area (Å²) in [4.78, 5) is 12.0. The third-order valence-corrected chi connectivity index (χ3v) is 4.18. The van der Waals surface area contributed by atoms with E-state index < -0.39 is 0 Å². The summed E-state index contributed by atoms with van der Waals surface area (Å²) < 4.78 is 5.45. The number of morpholine rings is 1. The van der Waals surface area contributed by atoms with E-state index in [1.807, 2.05) is 19.1 Å². The van der Waals surface area contributed by atoms with Crippen molar-refractivity contribution in [2.45, 2.75) is 25.5 Å². The number of rotatable bonds is 4. The van der Waals surface area contributed by atoms with Crippen LogP contribution in [-0.2, 0) is 16.0 Å². The fraction of sp³-hybridized carbons (Fsp3) is 0.500. The molecule has 1 fully saturated rings. The standard InChI is InChI=1S/C14H18Cl2N2O2.ClH/c1-9-13(17-7-8-20-9)14(19)18-6-5-10-3-2-4-11(15)12(10)16;/h2-4,9,13,17H,5-8H2,1H3,(H,18,19);1H/t9-,13+;/m1./s1. The zero-order valence-electron chi connectivity index (χ0n) is 11.7. The van der Waals surface area contributed by atoms with Crippen LogP contribution in [0.15, 0.2) is 18.2 Å². The molecule has 0 aromatic heterocycles. The Kier molecular flexibility index (Phi) is 7.77. The minimum atomic E-state index is -0.293. The molecule has 2 N–H and O–H groups in total. The second-order valence-electron chi connectivity index (χ2n) is 4.76. The molecule has 1 aromatic carbocycles. The Balaban J connectivity index is 0.00000220. The van der Waals surface area contributed by atoms with E-state index in [-0.39, 0.29) is 30.5 Å². The first-order chi connectivity index (χ1) is 9.59. The van der Waals surface area contributed by atoms with Crippen molar-refractivity contribution in [3.8, 4) is 0 Å². The van der Waals surface area contributed by atoms with Crippen LogP contribution in [-0.4, -0.2) is 37.7 Å². The van der Waals surface area contributed by atoms with E-state index in [1.165, 1.54) is 0 Å². The summed E-state index contributed by atoms with van der Waals surface area (Å²) in [5.41, 5.74) is 0.931. The highest BCUT2D eigenvalue weighted by Crippen LogP contribution is 2.25. The van der Waals surface area contributed by atoms with Crippen LogP contribution in [0, 0.1) is 0 Å². The molecule has 2 atom stereocenters. The molecule has 0 aliphatic carbocycles. The number of carbonyl (C=O) groups is 1. The highest BCUT2D eigenvalue weighted by Gasteiger charge is 2.27. The van der Waals surface area contributed by atoms with Gasteiger partial charge in [-0.1, -0.05) is 35.3 Å². The Morgan fingerprint density at radius 2 is 2.24 bits per heavy atom. The maximum absolute atomic E-state index is 12.0. The van der Waals surface area contributed by atoms with Crippen molar-refractivity contribution >= 4 is 41.5 Å². The Bertz CT molecular complexity index is 485. The van der Waals surface area contributed by atoms with E-state index in [1.54, 1.807) is 6.07 Å². The number of ether oxygens (including phenoxy) is 1. The maximum atomic E-state index is 12.0. The van der Waals surface area contributed by atoms with Crippen LogP contribution < -0.4 is 10.6 Å². The lowest BCUT2D eigenvalue weighted by Gasteiger charge is -2.29. The van der Waals surface area contributed by atoms with Crippen molar-refractivity contribution in [1.29, 1.82) is 0 Å². The molecule has 4 nitrogen and oxygen atoms in total. The average molecular weight is 354 g/mol. The molecule has 0 unspecified atom stereocenters. The quantitative estimate of drug-likeness (QED) is 0.874. The lowest BCUT2D eigenvalue weighted by molar-refractivity contribution is -0.128. The smallest absolute Gasteiger partial charge is 0.239 e. The van der Waals surface area contributed by atoms with Gasteiger partial charge in [-0.2, -0.15) is 0 Å². The number of nitrogens with one attached hydrogen (secondary N) is 2. The van der Waals surface area contributed by atoms with Gasteiger partial charge in [-0.15, -0.1) is 12.4 Å². The number of hydrogen-bond donors (Lipinski definition) is 2. The summed E-state index contributed by atoms with van der Waals surface area (Å²) in [7, 11) is 0. The van der Waals surface area contributed by atoms with E-state index in [4.69, 9.17) is 27.9 Å². The maximum Gasteiger partial charge on any atom is 0.239 e. The number of amides is 1. The average Bonchev–Trinajstić information content (AvgIpc) is 2.44. The lowest BCUT2D eigenvalue weighted by Crippen LogP contribution is -2.55. The van der Waals surface area contributed by atoms with E-state index in [9.17, 15) is 4.79 Å². The zero-order valence-corrected chi connectivity index (χ0v) is 14.0. The first kappa shape index (κ1) is 18.5. The monoisotopic (exact) mass is 352 g/mol. The van der Waals surface area contributed by atoms with Crippen LogP contribution in [0.4, 0.5) is 0 Å². The van der Waals surface area contributed by atoms with Gasteiger partial charge in [-0.25, -0.2) is 0 Å². The summed E-state index contributed by atoms with van der Waals surface area (Å²) in [5.74, 6) is -0.0460. The van der Waals surface area contributed by atoms with Crippen LogP contribution in [0.5, 0.6) is 0 Å². The predicted octanol–water partition coefficient (Wildman–Crippen LogP) is 2.45. The van der Waals surface area contributed by atoms with Crippen LogP contribution >= 0.6 is 35.6 Å². The van der Waals surface area contributed by atoms with Gasteiger partial charge in [0.1, 0.15) is 6.04 Å². The van der Waals surface area contributed by atoms with Crippen molar-refractivity contribution in [3.63, 3.8) is 0 Å². The normalized spacial score (nSPS) is 21.5. The van der Waals surface area contributed by atoms with Crippen LogP contribution in [0.2, 0.25) is 10.0 Å². The molecule has 2 rings (SSSR count). The fourth-order valence-corrected chi connectivity index (χ4v) is 2.61. The van der Waals surface area contributed by atoms with Crippen molar-refractivity contribution in [3.05, 3.63) is 33.8 Å². The highest BCUT2D eigenvalue weighted by molar-refractivity contribution is 6.42. The van der Waals surface area contributed by atoms with Gasteiger partial charge in [0.15, 0.2) is 0 Å². The summed E-state index contributed by atoms with van der Waals surface area (Å²) in [6.45, 7) is 3.75. The topological polar surface area (TPSA) is 50.4 Å². The number of halogens is 3. The van der Waals surface area contributed by atoms with E-state index >= 15 is 0 Å². The molecule has 1 aliphatic rings. The molecule has 0 spiro atoms. The van der Waals surface area contributed by atoms with Gasteiger partial charge >= 0.3 is 0 Å². The Morgan fingerprint density at radius 3 is 2.95 bits per heavy atom. The molecule has 0 saturated carbocycles. The van der Waals surface area contributed by atoms with Crippen molar-refractivity contribution in [2.75, 3.05) is 19.7 Å². The summed E-state index contributed by atoms with van der Waals surface area (Å²) in [6.07, 6.45) is 0.533. The van der Waals surface area contributed by atoms with Crippen molar-refractivity contribution in [2.24, 2.45) is 0 Å². The molecule has 1 heterocycles. The van der Waals surface area contributed by atoms with Gasteiger partial charge in [-0.3, -0.25) is 4.79 Å². The molecule has 7 heteroatoms. The van der Waals surface area contributed by atoms with Crippen molar-refractivity contribution in [1.82, 2.24) is 10.6 Å². The SMILES string of the molecule is C[C@H]1OCCN[C@@H]1C(=O)NCCc1cccc(Cl)c1Cl.Cl. The molecular formula is C14H19Cl3N2O2. The van der Waals surface area contributed by atoms with Gasteiger partial charge < -0.3 is 15.4 Å². The number of hydrogen-bond acceptors (Lipinski definition) is 3. The molecule has 118 valence electrons. The Morgan fingerprint density at radius 1 is 1.48 bits per heavy atom. The molecule has 21 heavy (non-hydrogen) atoms. The van der Waals surface area contributed by atoms with Crippen molar-refractivity contribution < 1.29 is 9.53 Å². The van der Waals surface area contributed by atoms with Gasteiger partial charge in [0, 0.05) is 13.1 Å². The fourth-order valence-electron chi connectivity index (χ4n) is 2.20. The minimum Gasteiger partial charge on any atom is -0.375 e. The molecular weight excluding hydrogens is 335 g/mol. The van der Waals surface area contributed by atoms with Gasteiger partial charge in [0.2, 0.25) is 5.91 Å². The molecule has 1 aromatic rings. The number of benzene rings is 1. The molecule has 0 bridgehead atoms. The van der Waals surface area contributed by atoms with Crippen LogP contribution in [0.3, 0.4) is 0 Å². The van der Waals surface area contributed by atoms with Crippen LogP contribution in [0.25, 0.3) is 0 Å². The molecule has 1 saturated heterocycles. The summed E-state index contributed by atoms with van der Waals surface area (Å²) >= 11 is 12.1. The third-order valence-electron chi connectivity index (χ3n) is 3.32. The molecule has 1 amide bonds. The van der Waals surface area contributed by atoms with E-state index in [0.717, 1.165) is 5.56 Å². The number of carbonyl (C=O) groups excluding carboxylic acids is 1. The van der Waals surface area contributed by atoms with E-state index in [2.05, 4.69) is 10.6 Å².